The first-order valence-electron chi connectivity index (χ1n) is 10.8. The highest BCUT2D eigenvalue weighted by molar-refractivity contribution is 5.95. The molecule has 0 unspecified atom stereocenters. The van der Waals surface area contributed by atoms with Gasteiger partial charge in [0.2, 0.25) is 0 Å². The summed E-state index contributed by atoms with van der Waals surface area (Å²) in [5.74, 6) is -1.18. The van der Waals surface area contributed by atoms with E-state index in [9.17, 15) is 14.4 Å². The van der Waals surface area contributed by atoms with E-state index in [0.29, 0.717) is 16.9 Å². The van der Waals surface area contributed by atoms with Gasteiger partial charge in [0.1, 0.15) is 17.0 Å². The van der Waals surface area contributed by atoms with Crippen LogP contribution in [0.4, 0.5) is 0 Å². The van der Waals surface area contributed by atoms with Crippen molar-refractivity contribution in [1.82, 2.24) is 19.8 Å². The fourth-order valence-electron chi connectivity index (χ4n) is 3.54. The lowest BCUT2D eigenvalue weighted by atomic mass is 10.1. The number of pyridine rings is 1. The zero-order chi connectivity index (χ0) is 24.8. The van der Waals surface area contributed by atoms with Crippen molar-refractivity contribution in [1.29, 1.82) is 0 Å². The van der Waals surface area contributed by atoms with Crippen molar-refractivity contribution < 1.29 is 24.0 Å². The molecule has 2 amide bonds. The molecule has 0 radical (unpaired) electrons. The molecule has 1 N–H and O–H groups in total. The lowest BCUT2D eigenvalue weighted by Gasteiger charge is -2.18. The Kier molecular flexibility index (Phi) is 7.18. The third-order valence-corrected chi connectivity index (χ3v) is 5.39. The number of nitrogens with zero attached hydrogens (tertiary/aromatic N) is 3. The molecule has 0 aliphatic heterocycles. The van der Waals surface area contributed by atoms with Crippen molar-refractivity contribution in [3.63, 3.8) is 0 Å². The Morgan fingerprint density at radius 3 is 2.34 bits per heavy atom. The van der Waals surface area contributed by atoms with Crippen LogP contribution >= 0.6 is 0 Å². The summed E-state index contributed by atoms with van der Waals surface area (Å²) in [4.78, 5) is 47.2. The summed E-state index contributed by atoms with van der Waals surface area (Å²) >= 11 is 0. The van der Waals surface area contributed by atoms with E-state index in [-0.39, 0.29) is 24.7 Å². The summed E-state index contributed by atoms with van der Waals surface area (Å²) in [6.07, 6.45) is 1.52. The Bertz CT molecular complexity index is 1350. The first-order valence-corrected chi connectivity index (χ1v) is 10.8. The number of hydrogen-bond donors (Lipinski definition) is 1. The number of methoxy groups -OCH3 is 1. The predicted molar refractivity (Wildman–Crippen MR) is 127 cm³/mol. The maximum atomic E-state index is 13.0. The molecular weight excluding hydrogens is 448 g/mol. The predicted octanol–water partition coefficient (Wildman–Crippen LogP) is 3.25. The van der Waals surface area contributed by atoms with Crippen molar-refractivity contribution in [2.45, 2.75) is 13.1 Å². The molecule has 0 bridgehead atoms. The Hall–Kier alpha value is -4.50. The minimum absolute atomic E-state index is 0.154. The van der Waals surface area contributed by atoms with Crippen LogP contribution in [0.25, 0.3) is 5.65 Å². The van der Waals surface area contributed by atoms with Crippen LogP contribution in [0.3, 0.4) is 0 Å². The third kappa shape index (κ3) is 5.36. The van der Waals surface area contributed by atoms with E-state index in [1.807, 2.05) is 30.3 Å². The van der Waals surface area contributed by atoms with Crippen LogP contribution in [0.1, 0.15) is 42.5 Å². The van der Waals surface area contributed by atoms with Gasteiger partial charge in [0.05, 0.1) is 26.3 Å². The second kappa shape index (κ2) is 10.6. The van der Waals surface area contributed by atoms with Crippen LogP contribution in [0.2, 0.25) is 0 Å². The van der Waals surface area contributed by atoms with Crippen LogP contribution < -0.4 is 5.32 Å². The Labute approximate surface area is 201 Å². The van der Waals surface area contributed by atoms with Crippen LogP contribution in [-0.4, -0.2) is 46.5 Å². The molecule has 9 nitrogen and oxygen atoms in total. The van der Waals surface area contributed by atoms with E-state index in [1.165, 1.54) is 25.5 Å². The van der Waals surface area contributed by atoms with E-state index in [4.69, 9.17) is 9.57 Å². The number of nitrogens with one attached hydrogen (secondary N) is 1. The molecule has 0 fully saturated rings. The minimum atomic E-state index is -0.423. The fourth-order valence-corrected chi connectivity index (χ4v) is 3.54. The van der Waals surface area contributed by atoms with Crippen LogP contribution in [0.15, 0.2) is 79.0 Å². The van der Waals surface area contributed by atoms with Gasteiger partial charge < -0.3 is 10.1 Å². The number of rotatable bonds is 8. The average molecular weight is 473 g/mol. The van der Waals surface area contributed by atoms with Crippen LogP contribution in [0, 0.1) is 0 Å². The minimum Gasteiger partial charge on any atom is -0.465 e. The van der Waals surface area contributed by atoms with Gasteiger partial charge in [0, 0.05) is 12.7 Å². The van der Waals surface area contributed by atoms with Crippen LogP contribution in [0.5, 0.6) is 0 Å². The van der Waals surface area contributed by atoms with Gasteiger partial charge in [0.15, 0.2) is 0 Å². The number of aromatic nitrogens is 2. The quantitative estimate of drug-likeness (QED) is 0.312. The second-order valence-electron chi connectivity index (χ2n) is 7.65. The van der Waals surface area contributed by atoms with Gasteiger partial charge in [-0.1, -0.05) is 48.5 Å². The molecule has 9 heteroatoms. The first-order chi connectivity index (χ1) is 17.0. The highest BCUT2D eigenvalue weighted by Gasteiger charge is 2.21. The van der Waals surface area contributed by atoms with E-state index >= 15 is 0 Å². The number of ether oxygens (including phenoxy) is 1. The summed E-state index contributed by atoms with van der Waals surface area (Å²) in [5.41, 5.74) is 3.09. The zero-order valence-electron chi connectivity index (χ0n) is 19.3. The number of benzene rings is 2. The van der Waals surface area contributed by atoms with Gasteiger partial charge in [-0.25, -0.2) is 14.8 Å². The topological polar surface area (TPSA) is 102 Å². The molecule has 4 rings (SSSR count). The summed E-state index contributed by atoms with van der Waals surface area (Å²) in [5, 5.41) is 4.07. The molecule has 0 aliphatic rings. The monoisotopic (exact) mass is 472 g/mol. The highest BCUT2D eigenvalue weighted by atomic mass is 16.7. The summed E-state index contributed by atoms with van der Waals surface area (Å²) in [6.45, 7) is 0.512. The Morgan fingerprint density at radius 1 is 0.914 bits per heavy atom. The Morgan fingerprint density at radius 2 is 1.66 bits per heavy atom. The number of esters is 1. The average Bonchev–Trinajstić information content (AvgIpc) is 3.35. The second-order valence-corrected chi connectivity index (χ2v) is 7.65. The fraction of sp³-hybridized carbons (Fsp3) is 0.154. The lowest BCUT2D eigenvalue weighted by Crippen LogP contribution is -2.29. The molecule has 2 heterocycles. The van der Waals surface area contributed by atoms with Crippen LogP contribution in [-0.2, 0) is 22.7 Å². The summed E-state index contributed by atoms with van der Waals surface area (Å²) in [6, 6.07) is 21.3. The summed E-state index contributed by atoms with van der Waals surface area (Å²) < 4.78 is 6.26. The third-order valence-electron chi connectivity index (χ3n) is 5.39. The van der Waals surface area contributed by atoms with Crippen molar-refractivity contribution in [2.24, 2.45) is 0 Å². The van der Waals surface area contributed by atoms with Crippen molar-refractivity contribution in [2.75, 3.05) is 14.2 Å². The SMILES string of the molecule is COC(=O)c1ccc(CNC(=O)c2cccc3nc(C(=O)N(Cc4ccccc4)OC)cn23)cc1. The number of fused-ring (bicyclic) bond motifs is 1. The maximum Gasteiger partial charge on any atom is 0.337 e. The number of imidazole rings is 1. The number of amides is 2. The van der Waals surface area contributed by atoms with Gasteiger partial charge in [-0.2, -0.15) is 0 Å². The number of hydroxylamine groups is 2. The molecular formula is C26H24N4O5. The number of carbonyl (C=O) groups is 3. The largest absolute Gasteiger partial charge is 0.465 e. The van der Waals surface area contributed by atoms with Gasteiger partial charge >= 0.3 is 5.97 Å². The molecule has 0 saturated heterocycles. The molecule has 2 aromatic heterocycles. The summed E-state index contributed by atoms with van der Waals surface area (Å²) in [7, 11) is 2.75. The van der Waals surface area contributed by atoms with E-state index in [1.54, 1.807) is 46.9 Å². The normalized spacial score (nSPS) is 10.7. The van der Waals surface area contributed by atoms with Gasteiger partial charge in [-0.15, -0.1) is 0 Å². The molecule has 2 aromatic carbocycles. The molecule has 35 heavy (non-hydrogen) atoms. The number of carbonyl (C=O) groups excluding carboxylic acids is 3. The van der Waals surface area contributed by atoms with Crippen molar-refractivity contribution >= 4 is 23.4 Å². The van der Waals surface area contributed by atoms with E-state index in [2.05, 4.69) is 10.3 Å². The molecule has 0 saturated carbocycles. The number of hydrogen-bond acceptors (Lipinski definition) is 6. The highest BCUT2D eigenvalue weighted by Crippen LogP contribution is 2.14. The van der Waals surface area contributed by atoms with Crippen molar-refractivity contribution in [3.8, 4) is 0 Å². The zero-order valence-corrected chi connectivity index (χ0v) is 19.3. The maximum absolute atomic E-state index is 13.0. The smallest absolute Gasteiger partial charge is 0.337 e. The van der Waals surface area contributed by atoms with Crippen molar-refractivity contribution in [3.05, 3.63) is 107 Å². The van der Waals surface area contributed by atoms with Gasteiger partial charge in [-0.3, -0.25) is 18.8 Å². The molecule has 0 aliphatic carbocycles. The van der Waals surface area contributed by atoms with E-state index in [0.717, 1.165) is 11.1 Å². The van der Waals surface area contributed by atoms with Gasteiger partial charge in [-0.05, 0) is 35.4 Å². The van der Waals surface area contributed by atoms with E-state index < -0.39 is 11.9 Å². The Balaban J connectivity index is 1.49. The standard InChI is InChI=1S/C26H24N4O5/c1-34-26(33)20-13-11-18(12-14-20)15-27-24(31)22-9-6-10-23-28-21(17-29(22)23)25(32)30(35-2)16-19-7-4-3-5-8-19/h3-14,17H,15-16H2,1-2H3,(H,27,31). The lowest BCUT2D eigenvalue weighted by molar-refractivity contribution is -0.102. The molecule has 4 aromatic rings. The first kappa shape index (κ1) is 23.7. The molecule has 0 atom stereocenters. The van der Waals surface area contributed by atoms with Gasteiger partial charge in [0.25, 0.3) is 11.8 Å². The molecule has 178 valence electrons. The molecule has 0 spiro atoms.